The second-order valence-corrected chi connectivity index (χ2v) is 5.63. The number of nitrogens with one attached hydrogen (secondary N) is 1. The third-order valence-electron chi connectivity index (χ3n) is 3.75. The lowest BCUT2D eigenvalue weighted by molar-refractivity contribution is -0.120. The summed E-state index contributed by atoms with van der Waals surface area (Å²) in [5.74, 6) is 0.233. The van der Waals surface area contributed by atoms with E-state index >= 15 is 0 Å². The van der Waals surface area contributed by atoms with Gasteiger partial charge in [-0.3, -0.25) is 4.79 Å². The van der Waals surface area contributed by atoms with E-state index in [-0.39, 0.29) is 11.8 Å². The van der Waals surface area contributed by atoms with Crippen molar-refractivity contribution in [2.24, 2.45) is 11.7 Å². The van der Waals surface area contributed by atoms with Gasteiger partial charge in [-0.05, 0) is 31.4 Å². The van der Waals surface area contributed by atoms with Gasteiger partial charge < -0.3 is 11.1 Å². The zero-order chi connectivity index (χ0) is 13.8. The molecular weight excluding hydrogens is 256 g/mol. The number of carbonyl (C=O) groups excluding carboxylic acids is 1. The summed E-state index contributed by atoms with van der Waals surface area (Å²) < 4.78 is 0. The van der Waals surface area contributed by atoms with Crippen LogP contribution in [0.1, 0.15) is 43.2 Å². The normalized spacial score (nSPS) is 16.1. The molecule has 0 bridgehead atoms. The fourth-order valence-electron chi connectivity index (χ4n) is 2.70. The third kappa shape index (κ3) is 3.32. The Balaban J connectivity index is 2.16. The van der Waals surface area contributed by atoms with E-state index in [1.165, 1.54) is 6.42 Å². The average Bonchev–Trinajstić information content (AvgIpc) is 2.39. The van der Waals surface area contributed by atoms with Crippen LogP contribution in [-0.4, -0.2) is 10.9 Å². The van der Waals surface area contributed by atoms with E-state index in [1.54, 1.807) is 0 Å². The number of hydrogen-bond donors (Lipinski definition) is 2. The molecule has 1 saturated carbocycles. The van der Waals surface area contributed by atoms with E-state index in [9.17, 15) is 4.79 Å². The van der Waals surface area contributed by atoms with Crippen LogP contribution < -0.4 is 11.1 Å². The van der Waals surface area contributed by atoms with E-state index in [2.05, 4.69) is 5.32 Å². The van der Waals surface area contributed by atoms with Crippen molar-refractivity contribution >= 4 is 28.8 Å². The van der Waals surface area contributed by atoms with Gasteiger partial charge in [0.15, 0.2) is 0 Å². The summed E-state index contributed by atoms with van der Waals surface area (Å²) in [7, 11) is 0. The second-order valence-electron chi connectivity index (χ2n) is 5.19. The summed E-state index contributed by atoms with van der Waals surface area (Å²) in [5, 5.41) is 3.00. The lowest BCUT2D eigenvalue weighted by Crippen LogP contribution is -2.26. The number of anilines is 1. The summed E-state index contributed by atoms with van der Waals surface area (Å²) in [6.07, 6.45) is 5.51. The number of benzene rings is 1. The minimum absolute atomic E-state index is 0.0998. The number of hydrogen-bond acceptors (Lipinski definition) is 2. The van der Waals surface area contributed by atoms with Crippen molar-refractivity contribution in [3.63, 3.8) is 0 Å². The molecule has 1 aliphatic carbocycles. The predicted octanol–water partition coefficient (Wildman–Crippen LogP) is 3.15. The van der Waals surface area contributed by atoms with Crippen LogP contribution in [0.4, 0.5) is 5.69 Å². The van der Waals surface area contributed by atoms with Gasteiger partial charge in [0.25, 0.3) is 0 Å². The Morgan fingerprint density at radius 1 is 1.32 bits per heavy atom. The number of carbonyl (C=O) groups is 1. The topological polar surface area (TPSA) is 55.1 Å². The van der Waals surface area contributed by atoms with Crippen molar-refractivity contribution in [3.8, 4) is 0 Å². The highest BCUT2D eigenvalue weighted by Crippen LogP contribution is 2.26. The molecule has 1 aromatic rings. The number of thiocarbonyl (C=S) groups is 1. The van der Waals surface area contributed by atoms with Crippen LogP contribution in [0, 0.1) is 12.8 Å². The van der Waals surface area contributed by atoms with E-state index < -0.39 is 0 Å². The van der Waals surface area contributed by atoms with Gasteiger partial charge in [-0.25, -0.2) is 0 Å². The van der Waals surface area contributed by atoms with Gasteiger partial charge >= 0.3 is 0 Å². The molecule has 0 aliphatic heterocycles. The fraction of sp³-hybridized carbons (Fsp3) is 0.467. The molecule has 19 heavy (non-hydrogen) atoms. The molecule has 0 radical (unpaired) electrons. The predicted molar refractivity (Wildman–Crippen MR) is 82.3 cm³/mol. The van der Waals surface area contributed by atoms with E-state index in [0.717, 1.165) is 42.5 Å². The van der Waals surface area contributed by atoms with Crippen LogP contribution in [0.15, 0.2) is 18.2 Å². The molecule has 1 amide bonds. The van der Waals surface area contributed by atoms with Gasteiger partial charge in [0, 0.05) is 11.5 Å². The molecule has 0 spiro atoms. The molecule has 0 unspecified atom stereocenters. The highest BCUT2D eigenvalue weighted by atomic mass is 32.1. The molecule has 1 fully saturated rings. The van der Waals surface area contributed by atoms with Gasteiger partial charge in [0.05, 0.1) is 5.69 Å². The summed E-state index contributed by atoms with van der Waals surface area (Å²) in [6, 6.07) is 5.72. The van der Waals surface area contributed by atoms with Crippen molar-refractivity contribution in [1.82, 2.24) is 0 Å². The minimum atomic E-state index is 0.0998. The molecule has 1 aromatic carbocycles. The average molecular weight is 276 g/mol. The van der Waals surface area contributed by atoms with Gasteiger partial charge in [0.2, 0.25) is 5.91 Å². The second kappa shape index (κ2) is 6.15. The van der Waals surface area contributed by atoms with Crippen LogP contribution in [-0.2, 0) is 4.79 Å². The lowest BCUT2D eigenvalue weighted by atomic mass is 9.88. The third-order valence-corrected chi connectivity index (χ3v) is 3.96. The van der Waals surface area contributed by atoms with Crippen molar-refractivity contribution in [2.75, 3.05) is 5.32 Å². The number of aryl methyl sites for hydroxylation is 1. The van der Waals surface area contributed by atoms with Crippen LogP contribution in [0.2, 0.25) is 0 Å². The molecule has 0 heterocycles. The maximum atomic E-state index is 12.3. The van der Waals surface area contributed by atoms with Crippen LogP contribution in [0.25, 0.3) is 0 Å². The van der Waals surface area contributed by atoms with Crippen LogP contribution in [0.3, 0.4) is 0 Å². The van der Waals surface area contributed by atoms with E-state index in [4.69, 9.17) is 18.0 Å². The minimum Gasteiger partial charge on any atom is -0.389 e. The number of rotatable bonds is 3. The molecular formula is C15H20N2OS. The molecule has 0 atom stereocenters. The van der Waals surface area contributed by atoms with Crippen LogP contribution >= 0.6 is 12.2 Å². The molecule has 3 nitrogen and oxygen atoms in total. The SMILES string of the molecule is Cc1cccc(NC(=O)C2CCCCC2)c1C(N)=S. The van der Waals surface area contributed by atoms with Crippen LogP contribution in [0.5, 0.6) is 0 Å². The summed E-state index contributed by atoms with van der Waals surface area (Å²) in [6.45, 7) is 1.95. The first-order valence-corrected chi connectivity index (χ1v) is 7.20. The Kier molecular flexibility index (Phi) is 4.53. The fourth-order valence-corrected chi connectivity index (χ4v) is 2.97. The van der Waals surface area contributed by atoms with Crippen molar-refractivity contribution in [1.29, 1.82) is 0 Å². The van der Waals surface area contributed by atoms with E-state index in [1.807, 2.05) is 25.1 Å². The molecule has 0 aromatic heterocycles. The first-order valence-electron chi connectivity index (χ1n) is 6.80. The van der Waals surface area contributed by atoms with Gasteiger partial charge in [-0.15, -0.1) is 0 Å². The Hall–Kier alpha value is -1.42. The standard InChI is InChI=1S/C15H20N2OS/c1-10-6-5-9-12(13(10)14(16)19)17-15(18)11-7-3-2-4-8-11/h5-6,9,11H,2-4,7-8H2,1H3,(H2,16,19)(H,17,18). The largest absolute Gasteiger partial charge is 0.389 e. The van der Waals surface area contributed by atoms with E-state index in [0.29, 0.717) is 4.99 Å². The Bertz CT molecular complexity index is 493. The number of nitrogens with two attached hydrogens (primary N) is 1. The Morgan fingerprint density at radius 3 is 2.63 bits per heavy atom. The first-order chi connectivity index (χ1) is 9.09. The monoisotopic (exact) mass is 276 g/mol. The summed E-state index contributed by atoms with van der Waals surface area (Å²) in [5.41, 5.74) is 8.26. The zero-order valence-corrected chi connectivity index (χ0v) is 12.1. The summed E-state index contributed by atoms with van der Waals surface area (Å²) in [4.78, 5) is 12.6. The molecule has 2 rings (SSSR count). The highest BCUT2D eigenvalue weighted by Gasteiger charge is 2.22. The van der Waals surface area contributed by atoms with Gasteiger partial charge in [0.1, 0.15) is 4.99 Å². The maximum Gasteiger partial charge on any atom is 0.227 e. The first kappa shape index (κ1) is 14.0. The zero-order valence-electron chi connectivity index (χ0n) is 11.2. The van der Waals surface area contributed by atoms with Crippen molar-refractivity contribution in [3.05, 3.63) is 29.3 Å². The molecule has 4 heteroatoms. The maximum absolute atomic E-state index is 12.3. The lowest BCUT2D eigenvalue weighted by Gasteiger charge is -2.21. The smallest absolute Gasteiger partial charge is 0.227 e. The highest BCUT2D eigenvalue weighted by molar-refractivity contribution is 7.80. The Labute approximate surface area is 119 Å². The Morgan fingerprint density at radius 2 is 2.00 bits per heavy atom. The summed E-state index contributed by atoms with van der Waals surface area (Å²) >= 11 is 5.07. The number of amides is 1. The van der Waals surface area contributed by atoms with Crippen molar-refractivity contribution < 1.29 is 4.79 Å². The van der Waals surface area contributed by atoms with Gasteiger partial charge in [-0.2, -0.15) is 0 Å². The molecule has 1 aliphatic rings. The molecule has 102 valence electrons. The van der Waals surface area contributed by atoms with Gasteiger partial charge in [-0.1, -0.05) is 43.6 Å². The molecule has 3 N–H and O–H groups in total. The van der Waals surface area contributed by atoms with Crippen molar-refractivity contribution in [2.45, 2.75) is 39.0 Å². The quantitative estimate of drug-likeness (QED) is 0.834. The molecule has 0 saturated heterocycles.